The molecule has 0 bridgehead atoms. The Bertz CT molecular complexity index is 436. The highest BCUT2D eigenvalue weighted by Gasteiger charge is 2.10. The van der Waals surface area contributed by atoms with Crippen molar-refractivity contribution in [3.8, 4) is 0 Å². The summed E-state index contributed by atoms with van der Waals surface area (Å²) in [6.07, 6.45) is 3.73. The molecule has 0 saturated carbocycles. The third kappa shape index (κ3) is 2.68. The molecule has 2 rings (SSSR count). The van der Waals surface area contributed by atoms with Crippen molar-refractivity contribution >= 4 is 11.3 Å². The lowest BCUT2D eigenvalue weighted by Crippen LogP contribution is -2.11. The monoisotopic (exact) mass is 232 g/mol. The number of hydrogen-bond donors (Lipinski definition) is 1. The Hall–Kier alpha value is -1.19. The number of nitrogens with zero attached hydrogens (tertiary/aromatic N) is 1. The predicted octanol–water partition coefficient (Wildman–Crippen LogP) is 3.08. The summed E-state index contributed by atoms with van der Waals surface area (Å²) in [7, 11) is 0. The van der Waals surface area contributed by atoms with Crippen LogP contribution < -0.4 is 5.73 Å². The Balaban J connectivity index is 1.94. The average molecular weight is 232 g/mol. The van der Waals surface area contributed by atoms with Crippen LogP contribution in [-0.4, -0.2) is 4.98 Å². The zero-order chi connectivity index (χ0) is 11.4. The molecular weight excluding hydrogens is 216 g/mol. The summed E-state index contributed by atoms with van der Waals surface area (Å²) < 4.78 is 0. The van der Waals surface area contributed by atoms with Crippen LogP contribution in [0.4, 0.5) is 0 Å². The summed E-state index contributed by atoms with van der Waals surface area (Å²) >= 11 is 1.75. The maximum atomic E-state index is 6.17. The number of rotatable bonds is 4. The van der Waals surface area contributed by atoms with Gasteiger partial charge in [-0.2, -0.15) is 0 Å². The molecule has 1 unspecified atom stereocenters. The summed E-state index contributed by atoms with van der Waals surface area (Å²) in [5, 5.41) is 2.10. The summed E-state index contributed by atoms with van der Waals surface area (Å²) in [4.78, 5) is 5.60. The van der Waals surface area contributed by atoms with Crippen molar-refractivity contribution < 1.29 is 0 Å². The minimum Gasteiger partial charge on any atom is -0.323 e. The Morgan fingerprint density at radius 2 is 2.25 bits per heavy atom. The molecule has 0 aliphatic carbocycles. The lowest BCUT2D eigenvalue weighted by Gasteiger charge is -2.10. The van der Waals surface area contributed by atoms with E-state index in [1.807, 2.05) is 24.4 Å². The van der Waals surface area contributed by atoms with Crippen LogP contribution >= 0.6 is 11.3 Å². The maximum Gasteiger partial charge on any atom is 0.0404 e. The molecule has 0 spiro atoms. The summed E-state index contributed by atoms with van der Waals surface area (Å²) in [6, 6.07) is 8.27. The van der Waals surface area contributed by atoms with Crippen LogP contribution in [0.25, 0.3) is 0 Å². The molecule has 3 heteroatoms. The lowest BCUT2D eigenvalue weighted by atomic mass is 10.1. The Labute approximate surface area is 100 Å². The predicted molar refractivity (Wildman–Crippen MR) is 68.5 cm³/mol. The van der Waals surface area contributed by atoms with E-state index in [0.717, 1.165) is 18.5 Å². The molecule has 0 aliphatic rings. The highest BCUT2D eigenvalue weighted by Crippen LogP contribution is 2.25. The van der Waals surface area contributed by atoms with Gasteiger partial charge in [0.1, 0.15) is 0 Å². The van der Waals surface area contributed by atoms with Gasteiger partial charge in [-0.25, -0.2) is 0 Å². The first kappa shape index (κ1) is 11.3. The second kappa shape index (κ2) is 5.23. The van der Waals surface area contributed by atoms with Crippen molar-refractivity contribution in [1.82, 2.24) is 4.98 Å². The van der Waals surface area contributed by atoms with Crippen LogP contribution in [-0.2, 0) is 6.42 Å². The molecular formula is C13H16N2S. The fourth-order valence-electron chi connectivity index (χ4n) is 1.74. The van der Waals surface area contributed by atoms with Gasteiger partial charge in [0.15, 0.2) is 0 Å². The molecule has 2 aromatic heterocycles. The highest BCUT2D eigenvalue weighted by molar-refractivity contribution is 7.10. The molecule has 84 valence electrons. The molecule has 0 aliphatic heterocycles. The molecule has 0 saturated heterocycles. The van der Waals surface area contributed by atoms with E-state index in [1.54, 1.807) is 11.3 Å². The molecule has 2 heterocycles. The topological polar surface area (TPSA) is 38.9 Å². The van der Waals surface area contributed by atoms with Gasteiger partial charge in [-0.3, -0.25) is 4.98 Å². The fourth-order valence-corrected chi connectivity index (χ4v) is 2.71. The van der Waals surface area contributed by atoms with Gasteiger partial charge in [0.05, 0.1) is 0 Å². The van der Waals surface area contributed by atoms with Crippen molar-refractivity contribution in [2.24, 2.45) is 5.73 Å². The molecule has 0 amide bonds. The van der Waals surface area contributed by atoms with Crippen LogP contribution in [0.3, 0.4) is 0 Å². The first-order chi connectivity index (χ1) is 7.77. The number of nitrogens with two attached hydrogens (primary N) is 1. The molecule has 0 radical (unpaired) electrons. The van der Waals surface area contributed by atoms with Gasteiger partial charge in [0.25, 0.3) is 0 Å². The third-order valence-corrected chi connectivity index (χ3v) is 3.83. The van der Waals surface area contributed by atoms with Gasteiger partial charge in [0, 0.05) is 22.8 Å². The minimum absolute atomic E-state index is 0.141. The van der Waals surface area contributed by atoms with Gasteiger partial charge in [-0.05, 0) is 48.9 Å². The Kier molecular flexibility index (Phi) is 3.70. The van der Waals surface area contributed by atoms with E-state index < -0.39 is 0 Å². The van der Waals surface area contributed by atoms with Gasteiger partial charge >= 0.3 is 0 Å². The molecule has 0 fully saturated rings. The summed E-state index contributed by atoms with van der Waals surface area (Å²) in [5.41, 5.74) is 8.59. The zero-order valence-corrected chi connectivity index (χ0v) is 10.2. The number of aromatic nitrogens is 1. The minimum atomic E-state index is 0.141. The van der Waals surface area contributed by atoms with E-state index in [-0.39, 0.29) is 6.04 Å². The smallest absolute Gasteiger partial charge is 0.0404 e. The first-order valence-corrected chi connectivity index (χ1v) is 6.35. The lowest BCUT2D eigenvalue weighted by molar-refractivity contribution is 0.651. The van der Waals surface area contributed by atoms with Crippen molar-refractivity contribution in [3.63, 3.8) is 0 Å². The molecule has 1 atom stereocenters. The van der Waals surface area contributed by atoms with Crippen molar-refractivity contribution in [2.45, 2.75) is 25.8 Å². The third-order valence-electron chi connectivity index (χ3n) is 2.68. The highest BCUT2D eigenvalue weighted by atomic mass is 32.1. The van der Waals surface area contributed by atoms with Crippen LogP contribution in [0.15, 0.2) is 35.8 Å². The second-order valence-corrected chi connectivity index (χ2v) is 4.88. The Morgan fingerprint density at radius 1 is 1.38 bits per heavy atom. The van der Waals surface area contributed by atoms with Crippen LogP contribution in [0.5, 0.6) is 0 Å². The van der Waals surface area contributed by atoms with E-state index in [9.17, 15) is 0 Å². The van der Waals surface area contributed by atoms with Gasteiger partial charge < -0.3 is 5.73 Å². The number of pyridine rings is 1. The molecule has 2 aromatic rings. The normalized spacial score (nSPS) is 12.6. The van der Waals surface area contributed by atoms with E-state index >= 15 is 0 Å². The number of aryl methyl sites for hydroxylation is 2. The quantitative estimate of drug-likeness (QED) is 0.879. The van der Waals surface area contributed by atoms with E-state index in [4.69, 9.17) is 5.73 Å². The number of hydrogen-bond acceptors (Lipinski definition) is 3. The molecule has 0 aromatic carbocycles. The maximum absolute atomic E-state index is 6.17. The molecule has 2 N–H and O–H groups in total. The van der Waals surface area contributed by atoms with Crippen molar-refractivity contribution in [3.05, 3.63) is 52.0 Å². The number of thiophene rings is 1. The van der Waals surface area contributed by atoms with Crippen LogP contribution in [0, 0.1) is 6.92 Å². The zero-order valence-electron chi connectivity index (χ0n) is 9.39. The summed E-state index contributed by atoms with van der Waals surface area (Å²) in [6.45, 7) is 2.12. The van der Waals surface area contributed by atoms with E-state index in [2.05, 4.69) is 23.4 Å². The molecule has 2 nitrogen and oxygen atoms in total. The second-order valence-electron chi connectivity index (χ2n) is 3.93. The average Bonchev–Trinajstić information content (AvgIpc) is 2.74. The van der Waals surface area contributed by atoms with E-state index in [1.165, 1.54) is 10.4 Å². The standard InChI is InChI=1S/C13H16N2S/c1-10-7-9-16-13(10)12(14)6-5-11-4-2-3-8-15-11/h2-4,7-9,12H,5-6,14H2,1H3. The van der Waals surface area contributed by atoms with E-state index in [0.29, 0.717) is 0 Å². The van der Waals surface area contributed by atoms with Crippen molar-refractivity contribution in [1.29, 1.82) is 0 Å². The van der Waals surface area contributed by atoms with Crippen molar-refractivity contribution in [2.75, 3.05) is 0 Å². The van der Waals surface area contributed by atoms with Gasteiger partial charge in [-0.15, -0.1) is 11.3 Å². The first-order valence-electron chi connectivity index (χ1n) is 5.47. The summed E-state index contributed by atoms with van der Waals surface area (Å²) in [5.74, 6) is 0. The molecule has 16 heavy (non-hydrogen) atoms. The fraction of sp³-hybridized carbons (Fsp3) is 0.308. The van der Waals surface area contributed by atoms with Gasteiger partial charge in [0.2, 0.25) is 0 Å². The van der Waals surface area contributed by atoms with Crippen LogP contribution in [0.2, 0.25) is 0 Å². The largest absolute Gasteiger partial charge is 0.323 e. The van der Waals surface area contributed by atoms with Gasteiger partial charge in [-0.1, -0.05) is 6.07 Å². The van der Waals surface area contributed by atoms with Crippen LogP contribution in [0.1, 0.15) is 28.6 Å². The SMILES string of the molecule is Cc1ccsc1C(N)CCc1ccccn1. The Morgan fingerprint density at radius 3 is 2.88 bits per heavy atom.